The van der Waals surface area contributed by atoms with Gasteiger partial charge in [0.15, 0.2) is 0 Å². The number of hydrogen-bond acceptors (Lipinski definition) is 2. The van der Waals surface area contributed by atoms with Gasteiger partial charge in [-0.3, -0.25) is 0 Å². The molecule has 1 aliphatic carbocycles. The van der Waals surface area contributed by atoms with E-state index in [-0.39, 0.29) is 18.0 Å². The lowest BCUT2D eigenvalue weighted by molar-refractivity contribution is -0.139. The molecule has 5 nitrogen and oxygen atoms in total. The predicted molar refractivity (Wildman–Crippen MR) is 78.5 cm³/mol. The number of aliphatic carboxylic acids is 1. The minimum absolute atomic E-state index is 0.162. The van der Waals surface area contributed by atoms with Crippen molar-refractivity contribution in [2.75, 3.05) is 0 Å². The van der Waals surface area contributed by atoms with Crippen molar-refractivity contribution in [2.45, 2.75) is 65.5 Å². The lowest BCUT2D eigenvalue weighted by Gasteiger charge is -2.32. The molecule has 5 heteroatoms. The van der Waals surface area contributed by atoms with Crippen LogP contribution in [0.2, 0.25) is 0 Å². The zero-order chi connectivity index (χ0) is 15.3. The van der Waals surface area contributed by atoms with Crippen LogP contribution in [0.15, 0.2) is 0 Å². The fourth-order valence-corrected chi connectivity index (χ4v) is 2.76. The quantitative estimate of drug-likeness (QED) is 0.726. The Bertz CT molecular complexity index is 344. The number of amides is 2. The van der Waals surface area contributed by atoms with Gasteiger partial charge < -0.3 is 15.7 Å². The number of rotatable bonds is 5. The van der Waals surface area contributed by atoms with Crippen LogP contribution in [0.3, 0.4) is 0 Å². The van der Waals surface area contributed by atoms with E-state index < -0.39 is 12.0 Å². The molecule has 1 fully saturated rings. The van der Waals surface area contributed by atoms with Crippen molar-refractivity contribution in [3.63, 3.8) is 0 Å². The molecule has 4 atom stereocenters. The Labute approximate surface area is 121 Å². The highest BCUT2D eigenvalue weighted by molar-refractivity contribution is 5.82. The second kappa shape index (κ2) is 7.50. The van der Waals surface area contributed by atoms with Crippen molar-refractivity contribution >= 4 is 12.0 Å². The van der Waals surface area contributed by atoms with E-state index in [0.717, 1.165) is 19.3 Å². The van der Waals surface area contributed by atoms with Gasteiger partial charge in [0.05, 0.1) is 0 Å². The molecule has 0 saturated heterocycles. The first-order chi connectivity index (χ1) is 9.29. The smallest absolute Gasteiger partial charge is 0.326 e. The van der Waals surface area contributed by atoms with E-state index in [1.54, 1.807) is 0 Å². The monoisotopic (exact) mass is 284 g/mol. The van der Waals surface area contributed by atoms with E-state index in [1.165, 1.54) is 0 Å². The Morgan fingerprint density at radius 3 is 2.35 bits per heavy atom. The lowest BCUT2D eigenvalue weighted by Crippen LogP contribution is -2.50. The lowest BCUT2D eigenvalue weighted by atomic mass is 9.79. The minimum Gasteiger partial charge on any atom is -0.480 e. The average molecular weight is 284 g/mol. The van der Waals surface area contributed by atoms with Crippen LogP contribution in [-0.2, 0) is 4.79 Å². The molecule has 3 unspecified atom stereocenters. The first-order valence-corrected chi connectivity index (χ1v) is 7.59. The van der Waals surface area contributed by atoms with E-state index in [2.05, 4.69) is 24.5 Å². The van der Waals surface area contributed by atoms with Crippen LogP contribution in [0.4, 0.5) is 4.79 Å². The summed E-state index contributed by atoms with van der Waals surface area (Å²) in [5, 5.41) is 14.6. The maximum absolute atomic E-state index is 11.9. The summed E-state index contributed by atoms with van der Waals surface area (Å²) in [4.78, 5) is 23.0. The highest BCUT2D eigenvalue weighted by Gasteiger charge is 2.27. The number of nitrogens with one attached hydrogen (secondary N) is 2. The van der Waals surface area contributed by atoms with Gasteiger partial charge in [0.1, 0.15) is 6.04 Å². The molecule has 0 bridgehead atoms. The fourth-order valence-electron chi connectivity index (χ4n) is 2.76. The fraction of sp³-hybridized carbons (Fsp3) is 0.867. The van der Waals surface area contributed by atoms with Gasteiger partial charge in [-0.25, -0.2) is 9.59 Å². The van der Waals surface area contributed by atoms with Crippen LogP contribution in [-0.4, -0.2) is 29.2 Å². The molecule has 116 valence electrons. The summed E-state index contributed by atoms with van der Waals surface area (Å²) in [6.07, 6.45) is 3.50. The molecule has 0 aromatic heterocycles. The maximum atomic E-state index is 11.9. The van der Waals surface area contributed by atoms with Crippen LogP contribution >= 0.6 is 0 Å². The predicted octanol–water partition coefficient (Wildman–Crippen LogP) is 2.61. The normalized spacial score (nSPS) is 27.9. The Morgan fingerprint density at radius 2 is 1.85 bits per heavy atom. The molecule has 0 aliphatic heterocycles. The van der Waals surface area contributed by atoms with Gasteiger partial charge in [-0.05, 0) is 43.4 Å². The van der Waals surface area contributed by atoms with Gasteiger partial charge in [-0.2, -0.15) is 0 Å². The van der Waals surface area contributed by atoms with Gasteiger partial charge in [0.25, 0.3) is 0 Å². The summed E-state index contributed by atoms with van der Waals surface area (Å²) >= 11 is 0. The van der Waals surface area contributed by atoms with E-state index >= 15 is 0 Å². The third-order valence-electron chi connectivity index (χ3n) is 4.24. The molecule has 1 aliphatic rings. The van der Waals surface area contributed by atoms with Gasteiger partial charge in [-0.15, -0.1) is 0 Å². The average Bonchev–Trinajstić information content (AvgIpc) is 2.32. The van der Waals surface area contributed by atoms with Crippen LogP contribution in [0.25, 0.3) is 0 Å². The van der Waals surface area contributed by atoms with Crippen molar-refractivity contribution in [1.82, 2.24) is 10.6 Å². The topological polar surface area (TPSA) is 78.4 Å². The minimum atomic E-state index is -0.973. The van der Waals surface area contributed by atoms with E-state index in [4.69, 9.17) is 5.11 Å². The molecule has 0 aromatic rings. The SMILES string of the molecule is CC(C)C[C@H](NC(=O)NC1CCC(C)C(C)C1)C(=O)O. The second-order valence-corrected chi connectivity index (χ2v) is 6.60. The second-order valence-electron chi connectivity index (χ2n) is 6.60. The summed E-state index contributed by atoms with van der Waals surface area (Å²) in [7, 11) is 0. The molecule has 1 rings (SSSR count). The summed E-state index contributed by atoms with van der Waals surface area (Å²) in [5.41, 5.74) is 0. The van der Waals surface area contributed by atoms with Crippen LogP contribution < -0.4 is 10.6 Å². The number of carbonyl (C=O) groups is 2. The van der Waals surface area contributed by atoms with Crippen LogP contribution in [0.5, 0.6) is 0 Å². The summed E-state index contributed by atoms with van der Waals surface area (Å²) in [6, 6.07) is -1.01. The molecule has 3 N–H and O–H groups in total. The van der Waals surface area contributed by atoms with E-state index in [0.29, 0.717) is 18.3 Å². The largest absolute Gasteiger partial charge is 0.480 e. The van der Waals surface area contributed by atoms with E-state index in [9.17, 15) is 9.59 Å². The molecule has 0 aromatic carbocycles. The molecule has 2 amide bonds. The third kappa shape index (κ3) is 5.39. The highest BCUT2D eigenvalue weighted by atomic mass is 16.4. The molecule has 0 heterocycles. The maximum Gasteiger partial charge on any atom is 0.326 e. The number of carboxylic acid groups (broad SMARTS) is 1. The van der Waals surface area contributed by atoms with Crippen LogP contribution in [0.1, 0.15) is 53.4 Å². The summed E-state index contributed by atoms with van der Waals surface area (Å²) in [5.74, 6) is 0.551. The standard InChI is InChI=1S/C15H28N2O3/c1-9(2)7-13(14(18)19)17-15(20)16-12-6-5-10(3)11(4)8-12/h9-13H,5-8H2,1-4H3,(H,18,19)(H2,16,17,20)/t10?,11?,12?,13-/m0/s1. The third-order valence-corrected chi connectivity index (χ3v) is 4.24. The Hall–Kier alpha value is -1.26. The number of carbonyl (C=O) groups excluding carboxylic acids is 1. The van der Waals surface area contributed by atoms with E-state index in [1.807, 2.05) is 13.8 Å². The molecule has 20 heavy (non-hydrogen) atoms. The first-order valence-electron chi connectivity index (χ1n) is 7.59. The van der Waals surface area contributed by atoms with Gasteiger partial charge in [-0.1, -0.05) is 27.7 Å². The molecule has 1 saturated carbocycles. The van der Waals surface area contributed by atoms with Crippen molar-refractivity contribution in [2.24, 2.45) is 17.8 Å². The van der Waals surface area contributed by atoms with Crippen molar-refractivity contribution in [1.29, 1.82) is 0 Å². The zero-order valence-electron chi connectivity index (χ0n) is 13.0. The van der Waals surface area contributed by atoms with Crippen LogP contribution in [0, 0.1) is 17.8 Å². The Balaban J connectivity index is 2.43. The van der Waals surface area contributed by atoms with Gasteiger partial charge in [0.2, 0.25) is 0 Å². The Morgan fingerprint density at radius 1 is 1.20 bits per heavy atom. The van der Waals surface area contributed by atoms with Crippen molar-refractivity contribution < 1.29 is 14.7 Å². The van der Waals surface area contributed by atoms with Crippen molar-refractivity contribution in [3.05, 3.63) is 0 Å². The molecule has 0 spiro atoms. The highest BCUT2D eigenvalue weighted by Crippen LogP contribution is 2.29. The number of hydrogen-bond donors (Lipinski definition) is 3. The number of urea groups is 1. The summed E-state index contributed by atoms with van der Waals surface area (Å²) in [6.45, 7) is 8.33. The molecule has 0 radical (unpaired) electrons. The van der Waals surface area contributed by atoms with Crippen molar-refractivity contribution in [3.8, 4) is 0 Å². The summed E-state index contributed by atoms with van der Waals surface area (Å²) < 4.78 is 0. The zero-order valence-corrected chi connectivity index (χ0v) is 13.0. The first kappa shape index (κ1) is 16.8. The van der Waals surface area contributed by atoms with Gasteiger partial charge >= 0.3 is 12.0 Å². The van der Waals surface area contributed by atoms with Gasteiger partial charge in [0, 0.05) is 6.04 Å². The molecular weight excluding hydrogens is 256 g/mol. The number of carboxylic acids is 1. The molecular formula is C15H28N2O3. The Kier molecular flexibility index (Phi) is 6.30.